The number of amides is 5. The summed E-state index contributed by atoms with van der Waals surface area (Å²) in [5.41, 5.74) is -1.12. The Balaban J connectivity index is 0.940. The van der Waals surface area contributed by atoms with Gasteiger partial charge in [-0.1, -0.05) is 36.4 Å². The molecular formula is C45H44ClF2N7O10. The smallest absolute Gasteiger partial charge is 0.319 e. The van der Waals surface area contributed by atoms with Crippen LogP contribution in [0.1, 0.15) is 60.2 Å². The van der Waals surface area contributed by atoms with Gasteiger partial charge in [-0.25, -0.2) is 8.78 Å². The lowest BCUT2D eigenvalue weighted by Gasteiger charge is -2.44. The van der Waals surface area contributed by atoms with Gasteiger partial charge in [-0.15, -0.1) is 0 Å². The molecule has 340 valence electrons. The molecule has 3 aliphatic rings. The van der Waals surface area contributed by atoms with Crippen molar-refractivity contribution in [3.8, 4) is 28.6 Å². The number of fused-ring (bicyclic) bond motifs is 2. The van der Waals surface area contributed by atoms with E-state index in [0.29, 0.717) is 6.42 Å². The molecule has 4 aromatic rings. The van der Waals surface area contributed by atoms with Crippen LogP contribution >= 0.6 is 11.6 Å². The van der Waals surface area contributed by atoms with Crippen LogP contribution in [-0.2, 0) is 24.0 Å². The zero-order valence-electron chi connectivity index (χ0n) is 35.3. The molecule has 0 spiro atoms. The van der Waals surface area contributed by atoms with Gasteiger partial charge in [0.25, 0.3) is 5.91 Å². The van der Waals surface area contributed by atoms with Crippen molar-refractivity contribution in [3.05, 3.63) is 82.9 Å². The van der Waals surface area contributed by atoms with Gasteiger partial charge in [-0.3, -0.25) is 38.9 Å². The van der Waals surface area contributed by atoms with E-state index in [1.807, 2.05) is 18.7 Å². The van der Waals surface area contributed by atoms with Gasteiger partial charge in [-0.05, 0) is 57.0 Å². The van der Waals surface area contributed by atoms with Gasteiger partial charge in [0.1, 0.15) is 35.3 Å². The van der Waals surface area contributed by atoms with Gasteiger partial charge in [-0.2, -0.15) is 9.97 Å². The van der Waals surface area contributed by atoms with Crippen molar-refractivity contribution in [1.29, 1.82) is 0 Å². The summed E-state index contributed by atoms with van der Waals surface area (Å²) >= 11 is 6.58. The summed E-state index contributed by atoms with van der Waals surface area (Å²) < 4.78 is 43.0. The standard InChI is InChI=1S/C45H44ClF2N7O10/c1-4-34(60)54-19-23(3)55(20-22(54)2)43-26-18-27(46)37(38-28(47)9-6-10-29(38)56)39(48)40(26)52-45(53-43)64-17-14-31(57)49-15-7-16-50-33(59)21-65-30-11-5-8-24-35(30)42(62)36(41(24)61)25-12-13-32(58)51-44(25)63/h4-6,8-11,18,22-23,25,36,56H,1,7,12-17,19-21H2,2-3H3,(H,49,57)(H,50,59)(H,51,58,63)/t22-,23+,25?,36?/m1/s1. The molecule has 5 amide bonds. The number of phenolic OH excluding ortho intramolecular Hbond substituents is 1. The molecule has 3 aromatic carbocycles. The van der Waals surface area contributed by atoms with Crippen molar-refractivity contribution in [2.45, 2.75) is 51.6 Å². The molecule has 20 heteroatoms. The van der Waals surface area contributed by atoms with Crippen molar-refractivity contribution in [3.63, 3.8) is 0 Å². The van der Waals surface area contributed by atoms with Crippen LogP contribution in [0.3, 0.4) is 0 Å². The third-order valence-electron chi connectivity index (χ3n) is 11.5. The average Bonchev–Trinajstić information content (AvgIpc) is 3.52. The second-order valence-corrected chi connectivity index (χ2v) is 16.2. The molecule has 2 saturated heterocycles. The summed E-state index contributed by atoms with van der Waals surface area (Å²) in [6, 6.07) is 8.31. The van der Waals surface area contributed by atoms with E-state index in [1.165, 1.54) is 42.5 Å². The minimum atomic E-state index is -1.29. The quantitative estimate of drug-likeness (QED) is 0.0572. The number of Topliss-reactive ketones (excluding diaryl/α,β-unsaturated/α-hetero) is 2. The van der Waals surface area contributed by atoms with E-state index in [2.05, 4.69) is 32.5 Å². The van der Waals surface area contributed by atoms with E-state index in [-0.39, 0.29) is 115 Å². The maximum absolute atomic E-state index is 16.5. The van der Waals surface area contributed by atoms with Crippen LogP contribution < -0.4 is 30.3 Å². The van der Waals surface area contributed by atoms with Gasteiger partial charge in [0.15, 0.2) is 24.0 Å². The van der Waals surface area contributed by atoms with Crippen molar-refractivity contribution in [1.82, 2.24) is 30.8 Å². The molecule has 17 nitrogen and oxygen atoms in total. The zero-order chi connectivity index (χ0) is 46.7. The Bertz CT molecular complexity index is 2630. The summed E-state index contributed by atoms with van der Waals surface area (Å²) in [7, 11) is 0. The number of rotatable bonds is 15. The molecule has 0 bridgehead atoms. The van der Waals surface area contributed by atoms with E-state index >= 15 is 8.78 Å². The number of ketones is 2. The minimum Gasteiger partial charge on any atom is -0.507 e. The lowest BCUT2D eigenvalue weighted by Crippen LogP contribution is -2.58. The third-order valence-corrected chi connectivity index (χ3v) is 11.8. The number of phenols is 1. The van der Waals surface area contributed by atoms with E-state index in [9.17, 15) is 38.7 Å². The average molecular weight is 916 g/mol. The van der Waals surface area contributed by atoms with E-state index in [0.717, 1.165) is 6.07 Å². The highest BCUT2D eigenvalue weighted by Crippen LogP contribution is 2.44. The number of hydrogen-bond acceptors (Lipinski definition) is 13. The lowest BCUT2D eigenvalue weighted by atomic mass is 9.82. The van der Waals surface area contributed by atoms with Crippen molar-refractivity contribution >= 4 is 69.4 Å². The normalized spacial score (nSPS) is 19.5. The van der Waals surface area contributed by atoms with E-state index < -0.39 is 82.1 Å². The Kier molecular flexibility index (Phi) is 13.7. The number of anilines is 1. The van der Waals surface area contributed by atoms with Gasteiger partial charge < -0.3 is 35.0 Å². The molecule has 2 fully saturated rings. The second kappa shape index (κ2) is 19.4. The highest BCUT2D eigenvalue weighted by atomic mass is 35.5. The highest BCUT2D eigenvalue weighted by molar-refractivity contribution is 6.34. The maximum Gasteiger partial charge on any atom is 0.319 e. The Morgan fingerprint density at radius 2 is 1.69 bits per heavy atom. The number of carbonyl (C=O) groups excluding carboxylic acids is 7. The number of aromatic hydroxyl groups is 1. The molecule has 4 atom stereocenters. The molecule has 0 radical (unpaired) electrons. The fourth-order valence-corrected chi connectivity index (χ4v) is 8.57. The minimum absolute atomic E-state index is 0.00565. The number of hydrogen-bond donors (Lipinski definition) is 4. The first-order chi connectivity index (χ1) is 31.1. The van der Waals surface area contributed by atoms with Gasteiger partial charge in [0.05, 0.1) is 34.4 Å². The number of piperidine rings is 1. The summed E-state index contributed by atoms with van der Waals surface area (Å²) in [5.74, 6) is -8.10. The second-order valence-electron chi connectivity index (χ2n) is 15.8. The van der Waals surface area contributed by atoms with Gasteiger partial charge in [0.2, 0.25) is 23.6 Å². The van der Waals surface area contributed by atoms with Crippen LogP contribution in [-0.4, -0.2) is 113 Å². The highest BCUT2D eigenvalue weighted by Gasteiger charge is 2.49. The number of nitrogens with one attached hydrogen (secondary N) is 3. The SMILES string of the molecule is C=CC(=O)N1C[C@H](C)N(c2nc(OCCC(=O)NCCCNC(=O)COc3cccc4c3C(=O)C(C3CCC(=O)NC3=O)C4=O)nc3c(F)c(-c4c(O)cccc4F)c(Cl)cc23)C[C@H]1C. The van der Waals surface area contributed by atoms with Crippen LogP contribution in [0.25, 0.3) is 22.0 Å². The fraction of sp³-hybridized carbons (Fsp3) is 0.356. The summed E-state index contributed by atoms with van der Waals surface area (Å²) in [6.45, 7) is 7.39. The predicted molar refractivity (Wildman–Crippen MR) is 230 cm³/mol. The largest absolute Gasteiger partial charge is 0.507 e. The van der Waals surface area contributed by atoms with Crippen LogP contribution in [0.5, 0.6) is 17.5 Å². The monoisotopic (exact) mass is 915 g/mol. The molecule has 7 rings (SSSR count). The maximum atomic E-state index is 16.5. The van der Waals surface area contributed by atoms with Crippen molar-refractivity contribution in [2.75, 3.05) is 44.3 Å². The van der Waals surface area contributed by atoms with Crippen LogP contribution in [0.15, 0.2) is 55.1 Å². The number of halogens is 3. The van der Waals surface area contributed by atoms with Crippen LogP contribution in [0, 0.1) is 23.5 Å². The number of carbonyl (C=O) groups is 7. The molecular weight excluding hydrogens is 872 g/mol. The summed E-state index contributed by atoms with van der Waals surface area (Å²) in [4.78, 5) is 101. The molecule has 1 aliphatic carbocycles. The van der Waals surface area contributed by atoms with Crippen LogP contribution in [0.4, 0.5) is 14.6 Å². The molecule has 65 heavy (non-hydrogen) atoms. The number of nitrogens with zero attached hydrogens (tertiary/aromatic N) is 4. The third kappa shape index (κ3) is 9.45. The zero-order valence-corrected chi connectivity index (χ0v) is 36.0. The number of ether oxygens (including phenoxy) is 2. The van der Waals surface area contributed by atoms with E-state index in [4.69, 9.17) is 21.1 Å². The lowest BCUT2D eigenvalue weighted by molar-refractivity contribution is -0.137. The first-order valence-electron chi connectivity index (χ1n) is 20.8. The Morgan fingerprint density at radius 3 is 2.42 bits per heavy atom. The molecule has 4 N–H and O–H groups in total. The van der Waals surface area contributed by atoms with Gasteiger partial charge in [0, 0.05) is 61.2 Å². The molecule has 3 heterocycles. The van der Waals surface area contributed by atoms with Crippen molar-refractivity contribution in [2.24, 2.45) is 11.8 Å². The first kappa shape index (κ1) is 46.0. The molecule has 2 unspecified atom stereocenters. The summed E-state index contributed by atoms with van der Waals surface area (Å²) in [5, 5.41) is 18.0. The van der Waals surface area contributed by atoms with Crippen LogP contribution in [0.2, 0.25) is 5.02 Å². The number of piperazine rings is 1. The Hall–Kier alpha value is -7.02. The number of aromatic nitrogens is 2. The predicted octanol–water partition coefficient (Wildman–Crippen LogP) is 4.06. The molecule has 2 aliphatic heterocycles. The molecule has 1 aromatic heterocycles. The number of imide groups is 1. The fourth-order valence-electron chi connectivity index (χ4n) is 8.29. The topological polar surface area (TPSA) is 227 Å². The van der Waals surface area contributed by atoms with Crippen molar-refractivity contribution < 1.29 is 56.9 Å². The van der Waals surface area contributed by atoms with Gasteiger partial charge >= 0.3 is 6.01 Å². The first-order valence-corrected chi connectivity index (χ1v) is 21.2. The Morgan fingerprint density at radius 1 is 0.954 bits per heavy atom. The summed E-state index contributed by atoms with van der Waals surface area (Å²) in [6.07, 6.45) is 1.44. The Labute approximate surface area is 375 Å². The number of benzene rings is 3. The molecule has 0 saturated carbocycles. The van der Waals surface area contributed by atoms with E-state index in [1.54, 1.807) is 4.90 Å².